The number of quaternary nitrogens is 1. The van der Waals surface area contributed by atoms with Crippen LogP contribution in [-0.2, 0) is 16.7 Å². The Balaban J connectivity index is 1.25. The number of fused-ring (bicyclic) bond motifs is 6. The van der Waals surface area contributed by atoms with Crippen LogP contribution in [0.1, 0.15) is 42.4 Å². The standard InChI is InChI=1S/C26H30FN2O2/c27-22-7-5-21(6-8-22)26-19-29(26,17-9-20-3-1-2-4-23(20)26)24(30)31-18-13-25-10-14-28(15-11-25)16-12-25/h1-8H,9-19H2/q+1/t26-,29?/m1/s1. The van der Waals surface area contributed by atoms with Crippen molar-refractivity contribution in [1.29, 1.82) is 0 Å². The molecule has 0 spiro atoms. The molecule has 4 saturated heterocycles. The highest BCUT2D eigenvalue weighted by Crippen LogP contribution is 2.59. The van der Waals surface area contributed by atoms with E-state index in [2.05, 4.69) is 23.1 Å². The fraction of sp³-hybridized carbons (Fsp3) is 0.500. The molecule has 0 aliphatic carbocycles. The first kappa shape index (κ1) is 19.4. The quantitative estimate of drug-likeness (QED) is 0.539. The summed E-state index contributed by atoms with van der Waals surface area (Å²) < 4.78 is 20.0. The minimum absolute atomic E-state index is 0.108. The van der Waals surface area contributed by atoms with Crippen LogP contribution >= 0.6 is 0 Å². The van der Waals surface area contributed by atoms with E-state index in [4.69, 9.17) is 4.74 Å². The number of ether oxygens (including phenoxy) is 1. The van der Waals surface area contributed by atoms with Crippen molar-refractivity contribution in [2.24, 2.45) is 5.41 Å². The van der Waals surface area contributed by atoms with Crippen molar-refractivity contribution >= 4 is 6.09 Å². The third-order valence-corrected chi connectivity index (χ3v) is 8.76. The zero-order valence-corrected chi connectivity index (χ0v) is 18.0. The molecule has 7 rings (SSSR count). The van der Waals surface area contributed by atoms with E-state index in [1.54, 1.807) is 0 Å². The number of carbonyl (C=O) groups excluding carboxylic acids is 1. The number of hydrogen-bond donors (Lipinski definition) is 0. The lowest BCUT2D eigenvalue weighted by Gasteiger charge is -2.48. The monoisotopic (exact) mass is 421 g/mol. The van der Waals surface area contributed by atoms with Gasteiger partial charge in [-0.2, -0.15) is 9.28 Å². The molecule has 0 N–H and O–H groups in total. The maximum atomic E-state index is 13.7. The Bertz CT molecular complexity index is 1000. The molecular weight excluding hydrogens is 391 g/mol. The number of amides is 1. The fourth-order valence-corrected chi connectivity index (χ4v) is 6.67. The molecule has 1 amide bonds. The van der Waals surface area contributed by atoms with E-state index in [1.165, 1.54) is 62.2 Å². The molecule has 2 aromatic rings. The second kappa shape index (κ2) is 6.88. The van der Waals surface area contributed by atoms with Crippen LogP contribution in [0.15, 0.2) is 48.5 Å². The summed E-state index contributed by atoms with van der Waals surface area (Å²) in [7, 11) is 0. The largest absolute Gasteiger partial charge is 0.517 e. The van der Waals surface area contributed by atoms with Gasteiger partial charge < -0.3 is 9.64 Å². The van der Waals surface area contributed by atoms with E-state index >= 15 is 0 Å². The van der Waals surface area contributed by atoms with Crippen molar-refractivity contribution in [2.75, 3.05) is 39.3 Å². The molecule has 4 fully saturated rings. The van der Waals surface area contributed by atoms with E-state index in [-0.39, 0.29) is 11.9 Å². The second-order valence-corrected chi connectivity index (χ2v) is 10.1. The minimum Gasteiger partial charge on any atom is -0.420 e. The maximum absolute atomic E-state index is 13.7. The summed E-state index contributed by atoms with van der Waals surface area (Å²) in [5, 5.41) is 0. The molecule has 5 heterocycles. The van der Waals surface area contributed by atoms with Crippen LogP contribution in [0.2, 0.25) is 0 Å². The average Bonchev–Trinajstić information content (AvgIpc) is 3.53. The van der Waals surface area contributed by atoms with Crippen LogP contribution in [0.5, 0.6) is 0 Å². The number of rotatable bonds is 4. The van der Waals surface area contributed by atoms with Gasteiger partial charge in [-0.1, -0.05) is 24.3 Å². The van der Waals surface area contributed by atoms with Crippen molar-refractivity contribution in [3.05, 3.63) is 71.0 Å². The van der Waals surface area contributed by atoms with Gasteiger partial charge in [0.15, 0.2) is 6.54 Å². The SMILES string of the molecule is O=C(OCCC12CCN(CC1)CC2)[N+]12CCc3ccccc3[C@]1(c1ccc(F)cc1)C2. The van der Waals surface area contributed by atoms with Crippen LogP contribution in [-0.4, -0.2) is 54.8 Å². The molecule has 5 heteroatoms. The Morgan fingerprint density at radius 2 is 1.74 bits per heavy atom. The molecule has 1 unspecified atom stereocenters. The van der Waals surface area contributed by atoms with Crippen LogP contribution in [0, 0.1) is 11.2 Å². The Morgan fingerprint density at radius 1 is 1.03 bits per heavy atom. The number of hydrogen-bond acceptors (Lipinski definition) is 3. The number of halogens is 1. The maximum Gasteiger partial charge on any atom is 0.517 e. The first-order chi connectivity index (χ1) is 15.1. The first-order valence-electron chi connectivity index (χ1n) is 11.7. The summed E-state index contributed by atoms with van der Waals surface area (Å²) in [6, 6.07) is 15.1. The highest BCUT2D eigenvalue weighted by Gasteiger charge is 2.78. The predicted molar refractivity (Wildman–Crippen MR) is 116 cm³/mol. The third kappa shape index (κ3) is 2.82. The minimum atomic E-state index is -0.436. The third-order valence-electron chi connectivity index (χ3n) is 8.76. The van der Waals surface area contributed by atoms with Crippen molar-refractivity contribution < 1.29 is 18.4 Å². The van der Waals surface area contributed by atoms with E-state index in [1.807, 2.05) is 18.2 Å². The van der Waals surface area contributed by atoms with Crippen molar-refractivity contribution in [2.45, 2.75) is 37.6 Å². The van der Waals surface area contributed by atoms with Gasteiger partial charge in [-0.3, -0.25) is 0 Å². The highest BCUT2D eigenvalue weighted by molar-refractivity contribution is 5.67. The number of benzene rings is 2. The van der Waals surface area contributed by atoms with Crippen molar-refractivity contribution in [3.8, 4) is 0 Å². The molecule has 0 aromatic heterocycles. The Labute approximate surface area is 183 Å². The Hall–Kier alpha value is -2.24. The summed E-state index contributed by atoms with van der Waals surface area (Å²) in [6.45, 7) is 5.54. The number of carbonyl (C=O) groups is 1. The van der Waals surface area contributed by atoms with E-state index < -0.39 is 5.54 Å². The van der Waals surface area contributed by atoms with Gasteiger partial charge in [0.2, 0.25) is 5.54 Å². The molecule has 5 aliphatic heterocycles. The van der Waals surface area contributed by atoms with Gasteiger partial charge in [0.1, 0.15) is 5.82 Å². The smallest absolute Gasteiger partial charge is 0.420 e. The molecule has 2 atom stereocenters. The number of nitrogens with zero attached hydrogens (tertiary/aromatic N) is 2. The summed E-state index contributed by atoms with van der Waals surface area (Å²) in [5.74, 6) is -0.247. The van der Waals surface area contributed by atoms with Gasteiger partial charge >= 0.3 is 6.09 Å². The molecular formula is C26H30FN2O2+. The summed E-state index contributed by atoms with van der Waals surface area (Å²) in [6.07, 6.45) is 5.44. The van der Waals surface area contributed by atoms with Crippen molar-refractivity contribution in [3.63, 3.8) is 0 Å². The van der Waals surface area contributed by atoms with Gasteiger partial charge in [-0.05, 0) is 80.6 Å². The summed E-state index contributed by atoms with van der Waals surface area (Å²) in [4.78, 5) is 16.1. The predicted octanol–water partition coefficient (Wildman–Crippen LogP) is 4.47. The zero-order valence-electron chi connectivity index (χ0n) is 18.0. The first-order valence-corrected chi connectivity index (χ1v) is 11.7. The fourth-order valence-electron chi connectivity index (χ4n) is 6.67. The molecule has 162 valence electrons. The number of piperidine rings is 3. The average molecular weight is 422 g/mol. The van der Waals surface area contributed by atoms with Gasteiger partial charge in [0, 0.05) is 17.5 Å². The Kier molecular flexibility index (Phi) is 4.31. The van der Waals surface area contributed by atoms with E-state index in [0.717, 1.165) is 24.9 Å². The van der Waals surface area contributed by atoms with Crippen LogP contribution in [0.4, 0.5) is 9.18 Å². The van der Waals surface area contributed by atoms with Crippen LogP contribution in [0.3, 0.4) is 0 Å². The second-order valence-electron chi connectivity index (χ2n) is 10.1. The molecule has 0 saturated carbocycles. The van der Waals surface area contributed by atoms with Crippen LogP contribution < -0.4 is 0 Å². The van der Waals surface area contributed by atoms with E-state index in [9.17, 15) is 9.18 Å². The normalized spacial score (nSPS) is 35.2. The lowest BCUT2D eigenvalue weighted by molar-refractivity contribution is -0.757. The topological polar surface area (TPSA) is 29.5 Å². The lowest BCUT2D eigenvalue weighted by atomic mass is 9.70. The molecule has 5 aliphatic rings. The van der Waals surface area contributed by atoms with Crippen molar-refractivity contribution in [1.82, 2.24) is 4.90 Å². The van der Waals surface area contributed by atoms with Gasteiger partial charge in [-0.25, -0.2) is 4.39 Å². The molecule has 0 radical (unpaired) electrons. The molecule has 2 bridgehead atoms. The highest BCUT2D eigenvalue weighted by atomic mass is 19.1. The van der Waals surface area contributed by atoms with Gasteiger partial charge in [0.05, 0.1) is 13.2 Å². The summed E-state index contributed by atoms with van der Waals surface area (Å²) in [5.41, 5.74) is 3.43. The Morgan fingerprint density at radius 3 is 2.48 bits per heavy atom. The lowest BCUT2D eigenvalue weighted by Crippen LogP contribution is -2.49. The van der Waals surface area contributed by atoms with Gasteiger partial charge in [-0.15, -0.1) is 0 Å². The molecule has 4 nitrogen and oxygen atoms in total. The van der Waals surface area contributed by atoms with E-state index in [0.29, 0.717) is 23.0 Å². The van der Waals surface area contributed by atoms with Crippen LogP contribution in [0.25, 0.3) is 0 Å². The zero-order chi connectivity index (χ0) is 21.1. The summed E-state index contributed by atoms with van der Waals surface area (Å²) >= 11 is 0. The molecule has 31 heavy (non-hydrogen) atoms. The molecule has 2 aromatic carbocycles. The van der Waals surface area contributed by atoms with Gasteiger partial charge in [0.25, 0.3) is 0 Å².